The zero-order chi connectivity index (χ0) is 17.2. The second kappa shape index (κ2) is 9.70. The molecule has 5 heteroatoms. The molecule has 0 aliphatic rings. The van der Waals surface area contributed by atoms with Crippen molar-refractivity contribution in [1.82, 2.24) is 5.32 Å². The van der Waals surface area contributed by atoms with Gasteiger partial charge in [-0.25, -0.2) is 4.79 Å². The first kappa shape index (κ1) is 18.0. The summed E-state index contributed by atoms with van der Waals surface area (Å²) in [6, 6.07) is 16.6. The van der Waals surface area contributed by atoms with E-state index in [1.165, 1.54) is 0 Å². The Labute approximate surface area is 142 Å². The van der Waals surface area contributed by atoms with Crippen molar-refractivity contribution in [1.29, 1.82) is 0 Å². The highest BCUT2D eigenvalue weighted by atomic mass is 16.5. The first-order chi connectivity index (χ1) is 11.7. The number of urea groups is 1. The fourth-order valence-corrected chi connectivity index (χ4v) is 2.37. The van der Waals surface area contributed by atoms with E-state index < -0.39 is 0 Å². The molecule has 3 N–H and O–H groups in total. The highest BCUT2D eigenvalue weighted by molar-refractivity contribution is 5.89. The number of carbonyl (C=O) groups excluding carboxylic acids is 1. The minimum Gasteiger partial charge on any atom is -0.396 e. The molecule has 0 radical (unpaired) electrons. The van der Waals surface area contributed by atoms with Crippen molar-refractivity contribution in [2.45, 2.75) is 26.0 Å². The van der Waals surface area contributed by atoms with E-state index >= 15 is 0 Å². The molecule has 0 saturated heterocycles. The Bertz CT molecular complexity index is 614. The average Bonchev–Trinajstić information content (AvgIpc) is 2.61. The number of benzene rings is 2. The van der Waals surface area contributed by atoms with E-state index in [0.29, 0.717) is 25.3 Å². The van der Waals surface area contributed by atoms with Crippen LogP contribution < -0.4 is 10.6 Å². The van der Waals surface area contributed by atoms with Crippen LogP contribution in [0.25, 0.3) is 0 Å². The van der Waals surface area contributed by atoms with Crippen LogP contribution in [0, 0.1) is 0 Å². The van der Waals surface area contributed by atoms with Crippen molar-refractivity contribution in [2.24, 2.45) is 0 Å². The summed E-state index contributed by atoms with van der Waals surface area (Å²) in [5.74, 6) is 0. The van der Waals surface area contributed by atoms with Crippen LogP contribution in [0.5, 0.6) is 0 Å². The molecule has 2 aromatic carbocycles. The van der Waals surface area contributed by atoms with Crippen molar-refractivity contribution in [3.05, 3.63) is 65.7 Å². The molecule has 0 spiro atoms. The Hall–Kier alpha value is -2.37. The van der Waals surface area contributed by atoms with Gasteiger partial charge >= 0.3 is 6.03 Å². The van der Waals surface area contributed by atoms with E-state index in [4.69, 9.17) is 4.74 Å². The van der Waals surface area contributed by atoms with Crippen LogP contribution in [0.15, 0.2) is 54.6 Å². The van der Waals surface area contributed by atoms with Crippen LogP contribution in [-0.2, 0) is 11.3 Å². The maximum absolute atomic E-state index is 12.2. The number of ether oxygens (including phenoxy) is 1. The molecule has 1 atom stereocenters. The molecular formula is C19H24N2O3. The van der Waals surface area contributed by atoms with Crippen molar-refractivity contribution >= 4 is 11.7 Å². The smallest absolute Gasteiger partial charge is 0.319 e. The van der Waals surface area contributed by atoms with Crippen LogP contribution >= 0.6 is 0 Å². The summed E-state index contributed by atoms with van der Waals surface area (Å²) in [4.78, 5) is 12.2. The molecule has 0 aromatic heterocycles. The third-order valence-electron chi connectivity index (χ3n) is 3.61. The van der Waals surface area contributed by atoms with Crippen LogP contribution in [0.3, 0.4) is 0 Å². The molecule has 0 aliphatic heterocycles. The molecule has 128 valence electrons. The summed E-state index contributed by atoms with van der Waals surface area (Å²) in [5, 5.41) is 14.9. The van der Waals surface area contributed by atoms with E-state index in [9.17, 15) is 9.90 Å². The predicted octanol–water partition coefficient (Wildman–Crippen LogP) is 3.47. The molecule has 0 fully saturated rings. The topological polar surface area (TPSA) is 70.6 Å². The van der Waals surface area contributed by atoms with E-state index in [-0.39, 0.29) is 18.7 Å². The fraction of sp³-hybridized carbons (Fsp3) is 0.316. The Morgan fingerprint density at radius 1 is 1.12 bits per heavy atom. The molecule has 0 unspecified atom stereocenters. The molecule has 0 heterocycles. The minimum atomic E-state index is -0.296. The maximum Gasteiger partial charge on any atom is 0.319 e. The zero-order valence-corrected chi connectivity index (χ0v) is 13.9. The van der Waals surface area contributed by atoms with Crippen LogP contribution in [0.1, 0.15) is 30.5 Å². The van der Waals surface area contributed by atoms with Gasteiger partial charge in [0.2, 0.25) is 0 Å². The molecule has 0 bridgehead atoms. The van der Waals surface area contributed by atoms with E-state index in [1.807, 2.05) is 61.5 Å². The second-order valence-electron chi connectivity index (χ2n) is 5.41. The number of aliphatic hydroxyl groups is 1. The van der Waals surface area contributed by atoms with Crippen LogP contribution in [0.4, 0.5) is 10.5 Å². The third kappa shape index (κ3) is 5.68. The number of carbonyl (C=O) groups is 1. The largest absolute Gasteiger partial charge is 0.396 e. The lowest BCUT2D eigenvalue weighted by Gasteiger charge is -2.18. The van der Waals surface area contributed by atoms with Gasteiger partial charge in [-0.05, 0) is 36.6 Å². The van der Waals surface area contributed by atoms with E-state index in [0.717, 1.165) is 11.1 Å². The summed E-state index contributed by atoms with van der Waals surface area (Å²) in [7, 11) is 0. The molecule has 0 saturated carbocycles. The molecule has 0 aliphatic carbocycles. The van der Waals surface area contributed by atoms with Gasteiger partial charge in [-0.15, -0.1) is 0 Å². The Kier molecular flexibility index (Phi) is 7.26. The second-order valence-corrected chi connectivity index (χ2v) is 5.41. The molecule has 5 nitrogen and oxygen atoms in total. The van der Waals surface area contributed by atoms with Crippen molar-refractivity contribution in [3.8, 4) is 0 Å². The van der Waals surface area contributed by atoms with Crippen LogP contribution in [-0.4, -0.2) is 24.4 Å². The lowest BCUT2D eigenvalue weighted by molar-refractivity contribution is 0.134. The number of aliphatic hydroxyl groups excluding tert-OH is 1. The highest BCUT2D eigenvalue weighted by Gasteiger charge is 2.13. The Balaban J connectivity index is 1.93. The lowest BCUT2D eigenvalue weighted by atomic mass is 10.0. The predicted molar refractivity (Wildman–Crippen MR) is 94.8 cm³/mol. The number of rotatable bonds is 8. The minimum absolute atomic E-state index is 0.00592. The summed E-state index contributed by atoms with van der Waals surface area (Å²) in [6.07, 6.45) is 0.463. The summed E-state index contributed by atoms with van der Waals surface area (Å²) >= 11 is 0. The third-order valence-corrected chi connectivity index (χ3v) is 3.61. The molecular weight excluding hydrogens is 304 g/mol. The van der Waals surface area contributed by atoms with Crippen molar-refractivity contribution in [2.75, 3.05) is 18.5 Å². The van der Waals surface area contributed by atoms with Gasteiger partial charge < -0.3 is 20.5 Å². The quantitative estimate of drug-likeness (QED) is 0.695. The highest BCUT2D eigenvalue weighted by Crippen LogP contribution is 2.17. The number of amides is 2. The van der Waals surface area contributed by atoms with Gasteiger partial charge in [0.1, 0.15) is 0 Å². The standard InChI is InChI=1S/C19H24N2O3/c1-2-24-14-15-8-10-17(11-9-15)20-19(23)21-18(12-13-22)16-6-4-3-5-7-16/h3-11,18,22H,2,12-14H2,1H3,(H2,20,21,23)/t18-/m1/s1. The van der Waals surface area contributed by atoms with Gasteiger partial charge in [-0.2, -0.15) is 0 Å². The monoisotopic (exact) mass is 328 g/mol. The zero-order valence-electron chi connectivity index (χ0n) is 13.9. The Morgan fingerprint density at radius 3 is 2.46 bits per heavy atom. The SMILES string of the molecule is CCOCc1ccc(NC(=O)N[C@H](CCO)c2ccccc2)cc1. The van der Waals surface area contributed by atoms with Gasteiger partial charge in [0.15, 0.2) is 0 Å². The van der Waals surface area contributed by atoms with Gasteiger partial charge in [0.25, 0.3) is 0 Å². The van der Waals surface area contributed by atoms with Crippen LogP contribution in [0.2, 0.25) is 0 Å². The molecule has 2 aromatic rings. The number of hydrogen-bond acceptors (Lipinski definition) is 3. The molecule has 2 amide bonds. The summed E-state index contributed by atoms with van der Waals surface area (Å²) in [5.41, 5.74) is 2.74. The lowest BCUT2D eigenvalue weighted by Crippen LogP contribution is -2.33. The number of nitrogens with one attached hydrogen (secondary N) is 2. The van der Waals surface area contributed by atoms with Crippen molar-refractivity contribution in [3.63, 3.8) is 0 Å². The number of anilines is 1. The molecule has 24 heavy (non-hydrogen) atoms. The Morgan fingerprint density at radius 2 is 1.83 bits per heavy atom. The molecule has 2 rings (SSSR count). The first-order valence-corrected chi connectivity index (χ1v) is 8.13. The average molecular weight is 328 g/mol. The van der Waals surface area contributed by atoms with Gasteiger partial charge in [0.05, 0.1) is 12.6 Å². The summed E-state index contributed by atoms with van der Waals surface area (Å²) < 4.78 is 5.35. The van der Waals surface area contributed by atoms with Gasteiger partial charge in [-0.3, -0.25) is 0 Å². The van der Waals surface area contributed by atoms with Crippen molar-refractivity contribution < 1.29 is 14.6 Å². The fourth-order valence-electron chi connectivity index (χ4n) is 2.37. The van der Waals surface area contributed by atoms with E-state index in [1.54, 1.807) is 0 Å². The van der Waals surface area contributed by atoms with Gasteiger partial charge in [-0.1, -0.05) is 42.5 Å². The maximum atomic E-state index is 12.2. The first-order valence-electron chi connectivity index (χ1n) is 8.13. The van der Waals surface area contributed by atoms with E-state index in [2.05, 4.69) is 10.6 Å². The normalized spacial score (nSPS) is 11.8. The van der Waals surface area contributed by atoms with Gasteiger partial charge in [0, 0.05) is 18.9 Å². The number of hydrogen-bond donors (Lipinski definition) is 3. The summed E-state index contributed by atoms with van der Waals surface area (Å²) in [6.45, 7) is 3.20.